The normalized spacial score (nSPS) is 11.1. The first-order valence-corrected chi connectivity index (χ1v) is 13.5. The van der Waals surface area contributed by atoms with Gasteiger partial charge in [0.05, 0.1) is 26.4 Å². The molecular weight excluding hydrogens is 484 g/mol. The van der Waals surface area contributed by atoms with E-state index in [1.54, 1.807) is 0 Å². The lowest BCUT2D eigenvalue weighted by Crippen LogP contribution is -2.28. The van der Waals surface area contributed by atoms with Crippen LogP contribution in [0.2, 0.25) is 0 Å². The molecule has 0 saturated carbocycles. The highest BCUT2D eigenvalue weighted by molar-refractivity contribution is 5.63. The molecule has 0 atom stereocenters. The summed E-state index contributed by atoms with van der Waals surface area (Å²) in [5.41, 5.74) is 6.40. The Balaban J connectivity index is 1.04. The van der Waals surface area contributed by atoms with Gasteiger partial charge in [-0.25, -0.2) is 0 Å². The van der Waals surface area contributed by atoms with E-state index in [1.165, 1.54) is 0 Å². The molecule has 0 amide bonds. The van der Waals surface area contributed by atoms with Gasteiger partial charge in [-0.1, -0.05) is 50.2 Å². The maximum Gasteiger partial charge on any atom is 0.0639 e. The SMILES string of the molecule is CC(C)(COCCNc1ccc(Nc2ccccc2)cc1)COCCNc1ccc(Nc2ccccc2)cc1. The number of rotatable bonds is 16. The van der Waals surface area contributed by atoms with E-state index in [-0.39, 0.29) is 5.41 Å². The van der Waals surface area contributed by atoms with Gasteiger partial charge in [0, 0.05) is 52.6 Å². The molecule has 0 aliphatic carbocycles. The Morgan fingerprint density at radius 1 is 0.462 bits per heavy atom. The molecule has 39 heavy (non-hydrogen) atoms. The van der Waals surface area contributed by atoms with Gasteiger partial charge in [-0.15, -0.1) is 0 Å². The van der Waals surface area contributed by atoms with Gasteiger partial charge in [0.1, 0.15) is 0 Å². The molecule has 0 bridgehead atoms. The van der Waals surface area contributed by atoms with E-state index in [1.807, 2.05) is 36.4 Å². The highest BCUT2D eigenvalue weighted by Gasteiger charge is 2.18. The van der Waals surface area contributed by atoms with Crippen molar-refractivity contribution >= 4 is 34.1 Å². The Hall–Kier alpha value is -4.00. The van der Waals surface area contributed by atoms with Crippen LogP contribution < -0.4 is 21.3 Å². The first-order chi connectivity index (χ1) is 19.1. The number of para-hydroxylation sites is 2. The molecule has 4 aromatic rings. The van der Waals surface area contributed by atoms with Crippen LogP contribution in [0.5, 0.6) is 0 Å². The predicted octanol–water partition coefficient (Wildman–Crippen LogP) is 7.76. The summed E-state index contributed by atoms with van der Waals surface area (Å²) in [4.78, 5) is 0. The number of ether oxygens (including phenoxy) is 2. The van der Waals surface area contributed by atoms with Gasteiger partial charge in [-0.05, 0) is 72.8 Å². The molecular formula is C33H40N4O2. The molecule has 6 heteroatoms. The standard InChI is InChI=1S/C33H40N4O2/c1-33(2,25-38-23-21-34-27-13-17-31(18-14-27)36-29-9-5-3-6-10-29)26-39-24-22-35-28-15-19-32(20-16-28)37-30-11-7-4-8-12-30/h3-20,34-37H,21-26H2,1-2H3. The molecule has 0 unspecified atom stereocenters. The van der Waals surface area contributed by atoms with Crippen LogP contribution in [0.25, 0.3) is 0 Å². The van der Waals surface area contributed by atoms with Crippen molar-refractivity contribution < 1.29 is 9.47 Å². The third-order valence-electron chi connectivity index (χ3n) is 6.03. The van der Waals surface area contributed by atoms with Crippen molar-refractivity contribution in [3.8, 4) is 0 Å². The van der Waals surface area contributed by atoms with Crippen molar-refractivity contribution in [2.24, 2.45) is 5.41 Å². The molecule has 4 rings (SSSR count). The molecule has 4 N–H and O–H groups in total. The minimum absolute atomic E-state index is 0.0461. The zero-order chi connectivity index (χ0) is 27.2. The lowest BCUT2D eigenvalue weighted by Gasteiger charge is -2.24. The van der Waals surface area contributed by atoms with E-state index >= 15 is 0 Å². The monoisotopic (exact) mass is 524 g/mol. The second-order valence-corrected chi connectivity index (χ2v) is 10.3. The summed E-state index contributed by atoms with van der Waals surface area (Å²) >= 11 is 0. The van der Waals surface area contributed by atoms with Crippen LogP contribution in [0, 0.1) is 5.41 Å². The quantitative estimate of drug-likeness (QED) is 0.112. The molecule has 0 saturated heterocycles. The van der Waals surface area contributed by atoms with E-state index in [4.69, 9.17) is 9.47 Å². The van der Waals surface area contributed by atoms with E-state index in [0.717, 1.165) is 47.2 Å². The van der Waals surface area contributed by atoms with Crippen LogP contribution >= 0.6 is 0 Å². The van der Waals surface area contributed by atoms with Crippen molar-refractivity contribution in [1.29, 1.82) is 0 Å². The minimum atomic E-state index is -0.0461. The fraction of sp³-hybridized carbons (Fsp3) is 0.273. The van der Waals surface area contributed by atoms with Crippen molar-refractivity contribution in [2.75, 3.05) is 60.8 Å². The molecule has 0 aliphatic heterocycles. The Morgan fingerprint density at radius 3 is 1.18 bits per heavy atom. The van der Waals surface area contributed by atoms with Gasteiger partial charge in [0.2, 0.25) is 0 Å². The van der Waals surface area contributed by atoms with Gasteiger partial charge >= 0.3 is 0 Å². The third kappa shape index (κ3) is 10.3. The molecule has 204 valence electrons. The molecule has 0 aromatic heterocycles. The van der Waals surface area contributed by atoms with E-state index in [9.17, 15) is 0 Å². The molecule has 0 spiro atoms. The van der Waals surface area contributed by atoms with Crippen LogP contribution in [0.3, 0.4) is 0 Å². The van der Waals surface area contributed by atoms with Crippen molar-refractivity contribution in [3.63, 3.8) is 0 Å². The topological polar surface area (TPSA) is 66.6 Å². The molecule has 0 radical (unpaired) electrons. The maximum absolute atomic E-state index is 5.93. The lowest BCUT2D eigenvalue weighted by molar-refractivity contribution is 0.00211. The average Bonchev–Trinajstić information content (AvgIpc) is 2.95. The van der Waals surface area contributed by atoms with Crippen LogP contribution in [-0.2, 0) is 9.47 Å². The second kappa shape index (κ2) is 14.8. The number of hydrogen-bond acceptors (Lipinski definition) is 6. The fourth-order valence-electron chi connectivity index (χ4n) is 3.99. The van der Waals surface area contributed by atoms with Crippen LogP contribution in [0.4, 0.5) is 34.1 Å². The van der Waals surface area contributed by atoms with Crippen LogP contribution in [0.15, 0.2) is 109 Å². The molecule has 0 heterocycles. The first kappa shape index (κ1) is 28.0. The number of nitrogens with one attached hydrogen (secondary N) is 4. The fourth-order valence-corrected chi connectivity index (χ4v) is 3.99. The van der Waals surface area contributed by atoms with Gasteiger partial charge in [-0.2, -0.15) is 0 Å². The zero-order valence-electron chi connectivity index (χ0n) is 23.0. The Labute approximate surface area is 232 Å². The Kier molecular flexibility index (Phi) is 10.6. The largest absolute Gasteiger partial charge is 0.383 e. The molecule has 6 nitrogen and oxygen atoms in total. The van der Waals surface area contributed by atoms with Crippen LogP contribution in [-0.4, -0.2) is 39.5 Å². The summed E-state index contributed by atoms with van der Waals surface area (Å²) in [6.45, 7) is 8.44. The average molecular weight is 525 g/mol. The van der Waals surface area contributed by atoms with Gasteiger partial charge in [0.25, 0.3) is 0 Å². The van der Waals surface area contributed by atoms with E-state index < -0.39 is 0 Å². The zero-order valence-corrected chi connectivity index (χ0v) is 23.0. The summed E-state index contributed by atoms with van der Waals surface area (Å²) in [7, 11) is 0. The number of hydrogen-bond donors (Lipinski definition) is 4. The molecule has 4 aromatic carbocycles. The predicted molar refractivity (Wildman–Crippen MR) is 165 cm³/mol. The van der Waals surface area contributed by atoms with Gasteiger partial charge < -0.3 is 30.7 Å². The highest BCUT2D eigenvalue weighted by Crippen LogP contribution is 2.20. The number of benzene rings is 4. The highest BCUT2D eigenvalue weighted by atomic mass is 16.5. The maximum atomic E-state index is 5.93. The Morgan fingerprint density at radius 2 is 0.795 bits per heavy atom. The summed E-state index contributed by atoms with van der Waals surface area (Å²) < 4.78 is 11.9. The third-order valence-corrected chi connectivity index (χ3v) is 6.03. The summed E-state index contributed by atoms with van der Waals surface area (Å²) in [5.74, 6) is 0. The van der Waals surface area contributed by atoms with Gasteiger partial charge in [0.15, 0.2) is 0 Å². The summed E-state index contributed by atoms with van der Waals surface area (Å²) in [6, 6.07) is 36.9. The Bertz CT molecular complexity index is 1120. The minimum Gasteiger partial charge on any atom is -0.383 e. The first-order valence-electron chi connectivity index (χ1n) is 13.5. The van der Waals surface area contributed by atoms with E-state index in [0.29, 0.717) is 26.4 Å². The van der Waals surface area contributed by atoms with Crippen molar-refractivity contribution in [2.45, 2.75) is 13.8 Å². The second-order valence-electron chi connectivity index (χ2n) is 10.3. The molecule has 0 aliphatic rings. The molecule has 0 fully saturated rings. The smallest absolute Gasteiger partial charge is 0.0639 e. The van der Waals surface area contributed by atoms with E-state index in [2.05, 4.69) is 108 Å². The lowest BCUT2D eigenvalue weighted by atomic mass is 9.96. The summed E-state index contributed by atoms with van der Waals surface area (Å²) in [6.07, 6.45) is 0. The van der Waals surface area contributed by atoms with Crippen LogP contribution in [0.1, 0.15) is 13.8 Å². The summed E-state index contributed by atoms with van der Waals surface area (Å²) in [5, 5.41) is 13.6. The van der Waals surface area contributed by atoms with Crippen molar-refractivity contribution in [1.82, 2.24) is 0 Å². The number of anilines is 6. The van der Waals surface area contributed by atoms with Gasteiger partial charge in [-0.3, -0.25) is 0 Å². The van der Waals surface area contributed by atoms with Crippen molar-refractivity contribution in [3.05, 3.63) is 109 Å².